The first-order chi connectivity index (χ1) is 7.36. The minimum Gasteiger partial charge on any atom is -0.379 e. The highest BCUT2D eigenvalue weighted by Crippen LogP contribution is 2.05. The third kappa shape index (κ3) is 3.41. The van der Waals surface area contributed by atoms with E-state index >= 15 is 0 Å². The molecular formula is C11H23N3O. The van der Waals surface area contributed by atoms with Crippen molar-refractivity contribution in [2.24, 2.45) is 0 Å². The van der Waals surface area contributed by atoms with Crippen molar-refractivity contribution in [3.8, 4) is 0 Å². The smallest absolute Gasteiger partial charge is 0.0619 e. The SMILES string of the molecule is CC1COCCN1CCN1CCNCC1. The Labute approximate surface area is 92.6 Å². The van der Waals surface area contributed by atoms with Gasteiger partial charge in [0.05, 0.1) is 13.2 Å². The molecule has 2 heterocycles. The molecular weight excluding hydrogens is 190 g/mol. The highest BCUT2D eigenvalue weighted by atomic mass is 16.5. The molecule has 1 atom stereocenters. The second-order valence-electron chi connectivity index (χ2n) is 4.55. The van der Waals surface area contributed by atoms with E-state index in [4.69, 9.17) is 4.74 Å². The van der Waals surface area contributed by atoms with Crippen LogP contribution < -0.4 is 5.32 Å². The summed E-state index contributed by atoms with van der Waals surface area (Å²) in [5.74, 6) is 0. The van der Waals surface area contributed by atoms with Crippen LogP contribution in [0.25, 0.3) is 0 Å². The molecule has 4 heteroatoms. The molecule has 2 rings (SSSR count). The summed E-state index contributed by atoms with van der Waals surface area (Å²) in [6.07, 6.45) is 0. The van der Waals surface area contributed by atoms with Gasteiger partial charge in [0, 0.05) is 51.9 Å². The van der Waals surface area contributed by atoms with Gasteiger partial charge in [-0.15, -0.1) is 0 Å². The molecule has 1 unspecified atom stereocenters. The standard InChI is InChI=1S/C11H23N3O/c1-11-10-15-9-8-14(11)7-6-13-4-2-12-3-5-13/h11-12H,2-10H2,1H3. The van der Waals surface area contributed by atoms with Crippen molar-refractivity contribution in [1.82, 2.24) is 15.1 Å². The first-order valence-electron chi connectivity index (χ1n) is 6.11. The molecule has 2 aliphatic heterocycles. The molecule has 2 saturated heterocycles. The van der Waals surface area contributed by atoms with Gasteiger partial charge in [-0.2, -0.15) is 0 Å². The predicted molar refractivity (Wildman–Crippen MR) is 61.2 cm³/mol. The topological polar surface area (TPSA) is 27.7 Å². The maximum absolute atomic E-state index is 5.44. The van der Waals surface area contributed by atoms with Crippen LogP contribution in [0.15, 0.2) is 0 Å². The third-order valence-electron chi connectivity index (χ3n) is 3.42. The number of nitrogens with zero attached hydrogens (tertiary/aromatic N) is 2. The van der Waals surface area contributed by atoms with Crippen LogP contribution in [-0.2, 0) is 4.74 Å². The summed E-state index contributed by atoms with van der Waals surface area (Å²) in [6.45, 7) is 12.3. The van der Waals surface area contributed by atoms with E-state index in [1.807, 2.05) is 0 Å². The molecule has 4 nitrogen and oxygen atoms in total. The molecule has 0 aromatic rings. The number of nitrogens with one attached hydrogen (secondary N) is 1. The number of hydrogen-bond acceptors (Lipinski definition) is 4. The van der Waals surface area contributed by atoms with Crippen LogP contribution in [0, 0.1) is 0 Å². The van der Waals surface area contributed by atoms with E-state index in [0.717, 1.165) is 32.8 Å². The Morgan fingerprint density at radius 1 is 1.20 bits per heavy atom. The van der Waals surface area contributed by atoms with Gasteiger partial charge < -0.3 is 10.1 Å². The second kappa shape index (κ2) is 5.80. The molecule has 0 radical (unpaired) electrons. The summed E-state index contributed by atoms with van der Waals surface area (Å²) < 4.78 is 5.44. The van der Waals surface area contributed by atoms with Crippen LogP contribution in [0.2, 0.25) is 0 Å². The quantitative estimate of drug-likeness (QED) is 0.691. The molecule has 2 fully saturated rings. The van der Waals surface area contributed by atoms with Crippen molar-refractivity contribution in [3.63, 3.8) is 0 Å². The highest BCUT2D eigenvalue weighted by Gasteiger charge is 2.19. The molecule has 0 spiro atoms. The van der Waals surface area contributed by atoms with Crippen LogP contribution in [0.3, 0.4) is 0 Å². The first kappa shape index (κ1) is 11.3. The molecule has 0 bridgehead atoms. The average Bonchev–Trinajstić information content (AvgIpc) is 2.29. The Hall–Kier alpha value is -0.160. The first-order valence-corrected chi connectivity index (χ1v) is 6.11. The molecule has 1 N–H and O–H groups in total. The Kier molecular flexibility index (Phi) is 4.38. The zero-order chi connectivity index (χ0) is 10.5. The van der Waals surface area contributed by atoms with Crippen molar-refractivity contribution in [2.45, 2.75) is 13.0 Å². The fourth-order valence-electron chi connectivity index (χ4n) is 2.30. The number of piperazine rings is 1. The van der Waals surface area contributed by atoms with Crippen LogP contribution in [-0.4, -0.2) is 74.9 Å². The van der Waals surface area contributed by atoms with E-state index in [1.165, 1.54) is 26.2 Å². The van der Waals surface area contributed by atoms with Crippen LogP contribution in [0.5, 0.6) is 0 Å². The molecule has 2 aliphatic rings. The summed E-state index contributed by atoms with van der Waals surface area (Å²) in [5.41, 5.74) is 0. The van der Waals surface area contributed by atoms with Gasteiger partial charge in [0.1, 0.15) is 0 Å². The minimum absolute atomic E-state index is 0.599. The summed E-state index contributed by atoms with van der Waals surface area (Å²) in [7, 11) is 0. The lowest BCUT2D eigenvalue weighted by atomic mass is 10.2. The molecule has 0 amide bonds. The van der Waals surface area contributed by atoms with Gasteiger partial charge in [-0.3, -0.25) is 9.80 Å². The van der Waals surface area contributed by atoms with Gasteiger partial charge in [0.2, 0.25) is 0 Å². The highest BCUT2D eigenvalue weighted by molar-refractivity contribution is 4.74. The fourth-order valence-corrected chi connectivity index (χ4v) is 2.30. The van der Waals surface area contributed by atoms with Crippen LogP contribution >= 0.6 is 0 Å². The summed E-state index contributed by atoms with van der Waals surface area (Å²) in [5, 5.41) is 3.39. The summed E-state index contributed by atoms with van der Waals surface area (Å²) in [4.78, 5) is 5.10. The average molecular weight is 213 g/mol. The van der Waals surface area contributed by atoms with Gasteiger partial charge in [0.15, 0.2) is 0 Å². The van der Waals surface area contributed by atoms with Gasteiger partial charge >= 0.3 is 0 Å². The van der Waals surface area contributed by atoms with E-state index in [9.17, 15) is 0 Å². The predicted octanol–water partition coefficient (Wildman–Crippen LogP) is -0.388. The minimum atomic E-state index is 0.599. The molecule has 15 heavy (non-hydrogen) atoms. The van der Waals surface area contributed by atoms with Gasteiger partial charge in [0.25, 0.3) is 0 Å². The lowest BCUT2D eigenvalue weighted by molar-refractivity contribution is -0.00439. The number of morpholine rings is 1. The third-order valence-corrected chi connectivity index (χ3v) is 3.42. The molecule has 0 aromatic heterocycles. The maximum Gasteiger partial charge on any atom is 0.0619 e. The van der Waals surface area contributed by atoms with E-state index in [2.05, 4.69) is 22.0 Å². The van der Waals surface area contributed by atoms with Crippen molar-refractivity contribution in [3.05, 3.63) is 0 Å². The van der Waals surface area contributed by atoms with Crippen molar-refractivity contribution < 1.29 is 4.74 Å². The largest absolute Gasteiger partial charge is 0.379 e. The summed E-state index contributed by atoms with van der Waals surface area (Å²) in [6, 6.07) is 0.599. The maximum atomic E-state index is 5.44. The number of hydrogen-bond donors (Lipinski definition) is 1. The second-order valence-corrected chi connectivity index (χ2v) is 4.55. The number of ether oxygens (including phenoxy) is 1. The van der Waals surface area contributed by atoms with E-state index in [0.29, 0.717) is 6.04 Å². The molecule has 0 aromatic carbocycles. The molecule has 0 saturated carbocycles. The Morgan fingerprint density at radius 2 is 2.00 bits per heavy atom. The lowest BCUT2D eigenvalue weighted by Gasteiger charge is -2.35. The van der Waals surface area contributed by atoms with Crippen molar-refractivity contribution >= 4 is 0 Å². The van der Waals surface area contributed by atoms with Crippen LogP contribution in [0.4, 0.5) is 0 Å². The summed E-state index contributed by atoms with van der Waals surface area (Å²) >= 11 is 0. The normalized spacial score (nSPS) is 30.6. The zero-order valence-electron chi connectivity index (χ0n) is 9.74. The van der Waals surface area contributed by atoms with Crippen LogP contribution in [0.1, 0.15) is 6.92 Å². The molecule has 88 valence electrons. The molecule has 0 aliphatic carbocycles. The van der Waals surface area contributed by atoms with Gasteiger partial charge in [-0.05, 0) is 6.92 Å². The van der Waals surface area contributed by atoms with Gasteiger partial charge in [-0.1, -0.05) is 0 Å². The van der Waals surface area contributed by atoms with E-state index < -0.39 is 0 Å². The van der Waals surface area contributed by atoms with E-state index in [-0.39, 0.29) is 0 Å². The monoisotopic (exact) mass is 213 g/mol. The van der Waals surface area contributed by atoms with Crippen molar-refractivity contribution in [1.29, 1.82) is 0 Å². The van der Waals surface area contributed by atoms with Gasteiger partial charge in [-0.25, -0.2) is 0 Å². The van der Waals surface area contributed by atoms with Crippen molar-refractivity contribution in [2.75, 3.05) is 59.0 Å². The lowest BCUT2D eigenvalue weighted by Crippen LogP contribution is -2.50. The number of rotatable bonds is 3. The fraction of sp³-hybridized carbons (Fsp3) is 1.00. The Balaban J connectivity index is 1.67. The van der Waals surface area contributed by atoms with E-state index in [1.54, 1.807) is 0 Å². The Bertz CT molecular complexity index is 183. The zero-order valence-corrected chi connectivity index (χ0v) is 9.74. The Morgan fingerprint density at radius 3 is 2.73 bits per heavy atom.